The van der Waals surface area contributed by atoms with Crippen molar-refractivity contribution in [2.75, 3.05) is 17.8 Å². The Morgan fingerprint density at radius 1 is 0.966 bits per heavy atom. The summed E-state index contributed by atoms with van der Waals surface area (Å²) >= 11 is 5.80. The van der Waals surface area contributed by atoms with Crippen LogP contribution < -0.4 is 4.72 Å². The van der Waals surface area contributed by atoms with Crippen LogP contribution in [0.5, 0.6) is 0 Å². The lowest BCUT2D eigenvalue weighted by Crippen LogP contribution is -2.28. The summed E-state index contributed by atoms with van der Waals surface area (Å²) < 4.78 is 92.6. The highest BCUT2D eigenvalue weighted by molar-refractivity contribution is 7.93. The van der Waals surface area contributed by atoms with Gasteiger partial charge in [0.15, 0.2) is 0 Å². The van der Waals surface area contributed by atoms with Crippen molar-refractivity contribution in [2.45, 2.75) is 28.8 Å². The molecule has 0 aliphatic carbocycles. The van der Waals surface area contributed by atoms with Crippen molar-refractivity contribution in [3.05, 3.63) is 53.1 Å². The Morgan fingerprint density at radius 2 is 1.62 bits per heavy atom. The summed E-state index contributed by atoms with van der Waals surface area (Å²) in [6.45, 7) is 0.746. The van der Waals surface area contributed by atoms with Gasteiger partial charge in [-0.05, 0) is 49.2 Å². The number of nitrogens with one attached hydrogen (secondary N) is 1. The molecule has 2 aromatic carbocycles. The first kappa shape index (κ1) is 21.9. The zero-order valence-corrected chi connectivity index (χ0v) is 17.2. The van der Waals surface area contributed by atoms with Gasteiger partial charge in [-0.1, -0.05) is 17.7 Å². The zero-order chi connectivity index (χ0) is 21.4. The van der Waals surface area contributed by atoms with Crippen molar-refractivity contribution < 1.29 is 30.0 Å². The Kier molecular flexibility index (Phi) is 5.87. The van der Waals surface area contributed by atoms with Gasteiger partial charge in [0.25, 0.3) is 10.0 Å². The SMILES string of the molecule is O=S(=O)(Nc1cccc(S(=O)(=O)N2CCCC2)c1)c1cc(C(F)(F)F)ccc1Cl. The number of sulfonamides is 2. The van der Waals surface area contributed by atoms with Gasteiger partial charge in [-0.2, -0.15) is 17.5 Å². The monoisotopic (exact) mass is 468 g/mol. The van der Waals surface area contributed by atoms with Crippen molar-refractivity contribution in [3.8, 4) is 0 Å². The van der Waals surface area contributed by atoms with Gasteiger partial charge in [0.05, 0.1) is 21.2 Å². The fraction of sp³-hybridized carbons (Fsp3) is 0.294. The van der Waals surface area contributed by atoms with E-state index >= 15 is 0 Å². The van der Waals surface area contributed by atoms with Crippen LogP contribution in [0.25, 0.3) is 0 Å². The number of alkyl halides is 3. The van der Waals surface area contributed by atoms with E-state index in [1.54, 1.807) is 0 Å². The van der Waals surface area contributed by atoms with E-state index in [0.717, 1.165) is 25.0 Å². The van der Waals surface area contributed by atoms with E-state index in [2.05, 4.69) is 4.72 Å². The fourth-order valence-electron chi connectivity index (χ4n) is 2.89. The molecule has 0 spiro atoms. The van der Waals surface area contributed by atoms with Crippen molar-refractivity contribution in [1.82, 2.24) is 4.31 Å². The van der Waals surface area contributed by atoms with Crippen LogP contribution in [-0.4, -0.2) is 34.2 Å². The molecule has 6 nitrogen and oxygen atoms in total. The van der Waals surface area contributed by atoms with Gasteiger partial charge in [-0.3, -0.25) is 4.72 Å². The number of rotatable bonds is 5. The molecule has 0 amide bonds. The maximum atomic E-state index is 12.9. The van der Waals surface area contributed by atoms with Gasteiger partial charge >= 0.3 is 6.18 Å². The molecule has 0 aromatic heterocycles. The van der Waals surface area contributed by atoms with Crippen LogP contribution in [0, 0.1) is 0 Å². The van der Waals surface area contributed by atoms with Crippen LogP contribution in [0.2, 0.25) is 5.02 Å². The molecule has 1 aliphatic heterocycles. The van der Waals surface area contributed by atoms with E-state index in [4.69, 9.17) is 11.6 Å². The van der Waals surface area contributed by atoms with Crippen LogP contribution in [0.1, 0.15) is 18.4 Å². The third-order valence-electron chi connectivity index (χ3n) is 4.34. The number of hydrogen-bond donors (Lipinski definition) is 1. The summed E-state index contributed by atoms with van der Waals surface area (Å²) in [5.74, 6) is 0. The van der Waals surface area contributed by atoms with Crippen molar-refractivity contribution in [2.24, 2.45) is 0 Å². The van der Waals surface area contributed by atoms with E-state index in [0.29, 0.717) is 25.2 Å². The first-order chi connectivity index (χ1) is 13.4. The molecule has 1 fully saturated rings. The van der Waals surface area contributed by atoms with Gasteiger partial charge < -0.3 is 0 Å². The average molecular weight is 469 g/mol. The Hall–Kier alpha value is -1.82. The lowest BCUT2D eigenvalue weighted by molar-refractivity contribution is -0.137. The van der Waals surface area contributed by atoms with Gasteiger partial charge in [0.1, 0.15) is 4.90 Å². The minimum absolute atomic E-state index is 0.112. The molecule has 3 rings (SSSR count). The van der Waals surface area contributed by atoms with E-state index in [-0.39, 0.29) is 10.6 Å². The number of hydrogen-bond acceptors (Lipinski definition) is 4. The summed E-state index contributed by atoms with van der Waals surface area (Å²) in [5, 5.41) is -0.397. The largest absolute Gasteiger partial charge is 0.416 e. The zero-order valence-electron chi connectivity index (χ0n) is 14.8. The van der Waals surface area contributed by atoms with Gasteiger partial charge in [0, 0.05) is 13.1 Å². The van der Waals surface area contributed by atoms with Crippen molar-refractivity contribution >= 4 is 37.3 Å². The minimum Gasteiger partial charge on any atom is -0.280 e. The maximum absolute atomic E-state index is 12.9. The predicted octanol–water partition coefficient (Wildman–Crippen LogP) is 3.94. The first-order valence-electron chi connectivity index (χ1n) is 8.41. The first-order valence-corrected chi connectivity index (χ1v) is 11.7. The second-order valence-corrected chi connectivity index (χ2v) is 10.4. The Bertz CT molecular complexity index is 1130. The highest BCUT2D eigenvalue weighted by atomic mass is 35.5. The fourth-order valence-corrected chi connectivity index (χ4v) is 6.03. The minimum atomic E-state index is -4.75. The average Bonchev–Trinajstić information content (AvgIpc) is 3.16. The predicted molar refractivity (Wildman–Crippen MR) is 102 cm³/mol. The summed E-state index contributed by atoms with van der Waals surface area (Å²) in [4.78, 5) is -0.878. The molecule has 1 aliphatic rings. The summed E-state index contributed by atoms with van der Waals surface area (Å²) in [7, 11) is -8.29. The molecule has 0 saturated carbocycles. The number of anilines is 1. The third kappa shape index (κ3) is 4.68. The topological polar surface area (TPSA) is 83.5 Å². The summed E-state index contributed by atoms with van der Waals surface area (Å²) in [6, 6.07) is 7.01. The quantitative estimate of drug-likeness (QED) is 0.720. The number of halogens is 4. The molecule has 0 bridgehead atoms. The molecule has 2 aromatic rings. The Labute approximate surface area is 171 Å². The van der Waals surface area contributed by atoms with Crippen LogP contribution in [0.15, 0.2) is 52.3 Å². The van der Waals surface area contributed by atoms with E-state index in [1.165, 1.54) is 22.5 Å². The number of benzene rings is 2. The van der Waals surface area contributed by atoms with Crippen LogP contribution in [0.3, 0.4) is 0 Å². The summed E-state index contributed by atoms with van der Waals surface area (Å²) in [5.41, 5.74) is -1.29. The molecule has 12 heteroatoms. The van der Waals surface area contributed by atoms with E-state index in [1.807, 2.05) is 0 Å². The molecule has 1 N–H and O–H groups in total. The molecule has 29 heavy (non-hydrogen) atoms. The van der Waals surface area contributed by atoms with Crippen LogP contribution in [0.4, 0.5) is 18.9 Å². The highest BCUT2D eigenvalue weighted by Gasteiger charge is 2.33. The lowest BCUT2D eigenvalue weighted by Gasteiger charge is -2.17. The number of nitrogens with zero attached hydrogens (tertiary/aromatic N) is 1. The molecule has 0 radical (unpaired) electrons. The van der Waals surface area contributed by atoms with Crippen LogP contribution in [-0.2, 0) is 26.2 Å². The highest BCUT2D eigenvalue weighted by Crippen LogP contribution is 2.34. The molecule has 0 atom stereocenters. The van der Waals surface area contributed by atoms with Crippen molar-refractivity contribution in [3.63, 3.8) is 0 Å². The molecular weight excluding hydrogens is 453 g/mol. The molecule has 158 valence electrons. The maximum Gasteiger partial charge on any atom is 0.416 e. The van der Waals surface area contributed by atoms with E-state index < -0.39 is 41.7 Å². The molecule has 1 saturated heterocycles. The Balaban J connectivity index is 1.94. The lowest BCUT2D eigenvalue weighted by atomic mass is 10.2. The third-order valence-corrected chi connectivity index (χ3v) is 8.09. The standard InChI is InChI=1S/C17H16ClF3N2O4S2/c18-15-7-6-12(17(19,20)21)10-16(15)28(24,25)22-13-4-3-5-14(11-13)29(26,27)23-8-1-2-9-23/h3-7,10-11,22H,1-2,8-9H2. The van der Waals surface area contributed by atoms with Gasteiger partial charge in [0.2, 0.25) is 10.0 Å². The van der Waals surface area contributed by atoms with E-state index in [9.17, 15) is 30.0 Å². The van der Waals surface area contributed by atoms with Gasteiger partial charge in [-0.25, -0.2) is 16.8 Å². The summed E-state index contributed by atoms with van der Waals surface area (Å²) in [6.07, 6.45) is -3.28. The second-order valence-electron chi connectivity index (χ2n) is 6.39. The van der Waals surface area contributed by atoms with Crippen LogP contribution >= 0.6 is 11.6 Å². The smallest absolute Gasteiger partial charge is 0.280 e. The van der Waals surface area contributed by atoms with Crippen molar-refractivity contribution in [1.29, 1.82) is 0 Å². The normalized spacial score (nSPS) is 16.1. The van der Waals surface area contributed by atoms with Gasteiger partial charge in [-0.15, -0.1) is 0 Å². The Morgan fingerprint density at radius 3 is 2.24 bits per heavy atom. The molecule has 1 heterocycles. The molecular formula is C17H16ClF3N2O4S2. The molecule has 0 unspecified atom stereocenters. The second kappa shape index (κ2) is 7.78.